The summed E-state index contributed by atoms with van der Waals surface area (Å²) in [5, 5.41) is 0. The van der Waals surface area contributed by atoms with E-state index in [0.717, 1.165) is 6.42 Å². The average molecular weight is 183 g/mol. The van der Waals surface area contributed by atoms with Gasteiger partial charge >= 0.3 is 5.97 Å². The monoisotopic (exact) mass is 183 g/mol. The van der Waals surface area contributed by atoms with Crippen LogP contribution in [0.2, 0.25) is 0 Å². The van der Waals surface area contributed by atoms with Crippen molar-refractivity contribution in [3.8, 4) is 0 Å². The van der Waals surface area contributed by atoms with E-state index in [1.54, 1.807) is 0 Å². The van der Waals surface area contributed by atoms with Crippen LogP contribution in [0.25, 0.3) is 0 Å². The first-order valence-electron chi connectivity index (χ1n) is 4.68. The standard InChI is InChI=1S/C10H17NO2/c1-11-8-4-6-9(11)5-3-7-10(12)13-2/h3,7,9H,4-6,8H2,1-2H3/b7-3+/t9-/m1/s1. The Hall–Kier alpha value is -0.830. The van der Waals surface area contributed by atoms with E-state index in [-0.39, 0.29) is 5.97 Å². The predicted octanol–water partition coefficient (Wildman–Crippen LogP) is 1.20. The molecule has 1 rings (SSSR count). The molecule has 74 valence electrons. The summed E-state index contributed by atoms with van der Waals surface area (Å²) < 4.78 is 4.50. The molecule has 0 spiro atoms. The van der Waals surface area contributed by atoms with E-state index >= 15 is 0 Å². The zero-order chi connectivity index (χ0) is 9.68. The molecule has 0 N–H and O–H groups in total. The van der Waals surface area contributed by atoms with Crippen molar-refractivity contribution in [1.82, 2.24) is 4.90 Å². The van der Waals surface area contributed by atoms with Gasteiger partial charge in [-0.3, -0.25) is 0 Å². The summed E-state index contributed by atoms with van der Waals surface area (Å²) in [5.74, 6) is -0.263. The zero-order valence-corrected chi connectivity index (χ0v) is 8.32. The summed E-state index contributed by atoms with van der Waals surface area (Å²) in [7, 11) is 3.53. The highest BCUT2D eigenvalue weighted by Crippen LogP contribution is 2.17. The highest BCUT2D eigenvalue weighted by atomic mass is 16.5. The number of hydrogen-bond donors (Lipinski definition) is 0. The molecule has 0 aliphatic carbocycles. The minimum atomic E-state index is -0.263. The van der Waals surface area contributed by atoms with Gasteiger partial charge in [-0.1, -0.05) is 6.08 Å². The number of esters is 1. The molecule has 1 saturated heterocycles. The van der Waals surface area contributed by atoms with Crippen LogP contribution >= 0.6 is 0 Å². The number of ether oxygens (including phenoxy) is 1. The summed E-state index contributed by atoms with van der Waals surface area (Å²) >= 11 is 0. The predicted molar refractivity (Wildman–Crippen MR) is 51.4 cm³/mol. The molecule has 0 radical (unpaired) electrons. The molecule has 0 unspecified atom stereocenters. The molecule has 0 saturated carbocycles. The fourth-order valence-electron chi connectivity index (χ4n) is 1.67. The second kappa shape index (κ2) is 5.02. The highest BCUT2D eigenvalue weighted by molar-refractivity contribution is 5.81. The number of likely N-dealkylation sites (tertiary alicyclic amines) is 1. The lowest BCUT2D eigenvalue weighted by molar-refractivity contribution is -0.134. The molecule has 0 aromatic heterocycles. The summed E-state index contributed by atoms with van der Waals surface area (Å²) in [6.45, 7) is 1.18. The van der Waals surface area contributed by atoms with Crippen LogP contribution in [0.5, 0.6) is 0 Å². The number of rotatable bonds is 3. The minimum Gasteiger partial charge on any atom is -0.466 e. The third-order valence-electron chi connectivity index (χ3n) is 2.53. The normalized spacial score (nSPS) is 24.0. The molecule has 1 aliphatic heterocycles. The smallest absolute Gasteiger partial charge is 0.330 e. The number of carbonyl (C=O) groups excluding carboxylic acids is 1. The second-order valence-electron chi connectivity index (χ2n) is 3.44. The highest BCUT2D eigenvalue weighted by Gasteiger charge is 2.18. The molecule has 1 aliphatic rings. The third kappa shape index (κ3) is 3.19. The van der Waals surface area contributed by atoms with Gasteiger partial charge in [0.1, 0.15) is 0 Å². The molecule has 3 nitrogen and oxygen atoms in total. The van der Waals surface area contributed by atoms with Crippen LogP contribution in [0.1, 0.15) is 19.3 Å². The first-order valence-corrected chi connectivity index (χ1v) is 4.68. The SMILES string of the molecule is COC(=O)/C=C/C[C@@H]1CCCN1C. The maximum Gasteiger partial charge on any atom is 0.330 e. The van der Waals surface area contributed by atoms with Crippen LogP contribution < -0.4 is 0 Å². The minimum absolute atomic E-state index is 0.263. The Balaban J connectivity index is 2.25. The molecule has 13 heavy (non-hydrogen) atoms. The van der Waals surface area contributed by atoms with E-state index in [2.05, 4.69) is 16.7 Å². The first kappa shape index (κ1) is 10.3. The topological polar surface area (TPSA) is 29.5 Å². The molecule has 1 heterocycles. The Kier molecular flexibility index (Phi) is 3.96. The van der Waals surface area contributed by atoms with Crippen LogP contribution in [-0.4, -0.2) is 37.6 Å². The van der Waals surface area contributed by atoms with E-state index in [4.69, 9.17) is 0 Å². The van der Waals surface area contributed by atoms with Crippen molar-refractivity contribution in [1.29, 1.82) is 0 Å². The van der Waals surface area contributed by atoms with Gasteiger partial charge in [-0.15, -0.1) is 0 Å². The number of methoxy groups -OCH3 is 1. The maximum absolute atomic E-state index is 10.7. The van der Waals surface area contributed by atoms with Crippen LogP contribution in [0.15, 0.2) is 12.2 Å². The molecule has 0 aromatic rings. The Morgan fingerprint density at radius 2 is 2.46 bits per heavy atom. The lowest BCUT2D eigenvalue weighted by Gasteiger charge is -2.16. The van der Waals surface area contributed by atoms with E-state index in [0.29, 0.717) is 6.04 Å². The Morgan fingerprint density at radius 3 is 3.00 bits per heavy atom. The van der Waals surface area contributed by atoms with Gasteiger partial charge in [0.05, 0.1) is 7.11 Å². The van der Waals surface area contributed by atoms with Crippen LogP contribution in [0.3, 0.4) is 0 Å². The molecule has 1 fully saturated rings. The third-order valence-corrected chi connectivity index (χ3v) is 2.53. The first-order chi connectivity index (χ1) is 6.24. The molecule has 3 heteroatoms. The van der Waals surface area contributed by atoms with Gasteiger partial charge in [0.2, 0.25) is 0 Å². The van der Waals surface area contributed by atoms with Gasteiger partial charge in [0.25, 0.3) is 0 Å². The molecule has 0 amide bonds. The summed E-state index contributed by atoms with van der Waals surface area (Å²) in [6.07, 6.45) is 6.87. The fraction of sp³-hybridized carbons (Fsp3) is 0.700. The molecule has 0 bridgehead atoms. The second-order valence-corrected chi connectivity index (χ2v) is 3.44. The van der Waals surface area contributed by atoms with Crippen molar-refractivity contribution >= 4 is 5.97 Å². The van der Waals surface area contributed by atoms with Crippen LogP contribution in [0.4, 0.5) is 0 Å². The largest absolute Gasteiger partial charge is 0.466 e. The van der Waals surface area contributed by atoms with E-state index < -0.39 is 0 Å². The van der Waals surface area contributed by atoms with Crippen LogP contribution in [-0.2, 0) is 9.53 Å². The van der Waals surface area contributed by atoms with Crippen LogP contribution in [0, 0.1) is 0 Å². The number of hydrogen-bond acceptors (Lipinski definition) is 3. The van der Waals surface area contributed by atoms with Crippen molar-refractivity contribution in [2.45, 2.75) is 25.3 Å². The molecular weight excluding hydrogens is 166 g/mol. The number of carbonyl (C=O) groups is 1. The van der Waals surface area contributed by atoms with Gasteiger partial charge in [-0.2, -0.15) is 0 Å². The number of nitrogens with zero attached hydrogens (tertiary/aromatic N) is 1. The van der Waals surface area contributed by atoms with E-state index in [9.17, 15) is 4.79 Å². The van der Waals surface area contributed by atoms with Crippen molar-refractivity contribution < 1.29 is 9.53 Å². The molecular formula is C10H17NO2. The van der Waals surface area contributed by atoms with Crippen molar-refractivity contribution in [2.24, 2.45) is 0 Å². The Bertz CT molecular complexity index is 201. The van der Waals surface area contributed by atoms with Crippen molar-refractivity contribution in [2.75, 3.05) is 20.7 Å². The Morgan fingerprint density at radius 1 is 1.69 bits per heavy atom. The van der Waals surface area contributed by atoms with Gasteiger partial charge in [-0.05, 0) is 32.9 Å². The lowest BCUT2D eigenvalue weighted by Crippen LogP contribution is -2.23. The summed E-state index contributed by atoms with van der Waals surface area (Å²) in [4.78, 5) is 13.1. The van der Waals surface area contributed by atoms with Gasteiger partial charge in [0, 0.05) is 12.1 Å². The lowest BCUT2D eigenvalue weighted by atomic mass is 10.1. The Labute approximate surface area is 79.4 Å². The van der Waals surface area contributed by atoms with Gasteiger partial charge in [0.15, 0.2) is 0 Å². The van der Waals surface area contributed by atoms with Crippen molar-refractivity contribution in [3.63, 3.8) is 0 Å². The van der Waals surface area contributed by atoms with Crippen molar-refractivity contribution in [3.05, 3.63) is 12.2 Å². The van der Waals surface area contributed by atoms with Gasteiger partial charge in [-0.25, -0.2) is 4.79 Å². The maximum atomic E-state index is 10.7. The zero-order valence-electron chi connectivity index (χ0n) is 8.32. The summed E-state index contributed by atoms with van der Waals surface area (Å²) in [5.41, 5.74) is 0. The van der Waals surface area contributed by atoms with E-state index in [1.165, 1.54) is 32.6 Å². The summed E-state index contributed by atoms with van der Waals surface area (Å²) in [6, 6.07) is 0.612. The molecule has 1 atom stereocenters. The molecule has 0 aromatic carbocycles. The quantitative estimate of drug-likeness (QED) is 0.486. The van der Waals surface area contributed by atoms with Gasteiger partial charge < -0.3 is 9.64 Å². The average Bonchev–Trinajstić information content (AvgIpc) is 2.52. The fourth-order valence-corrected chi connectivity index (χ4v) is 1.67. The van der Waals surface area contributed by atoms with E-state index in [1.807, 2.05) is 6.08 Å².